The van der Waals surface area contributed by atoms with Gasteiger partial charge in [0.2, 0.25) is 0 Å². The van der Waals surface area contributed by atoms with Crippen LogP contribution in [0.25, 0.3) is 0 Å². The van der Waals surface area contributed by atoms with Gasteiger partial charge in [0, 0.05) is 12.5 Å². The predicted molar refractivity (Wildman–Crippen MR) is 77.7 cm³/mol. The van der Waals surface area contributed by atoms with E-state index in [0.29, 0.717) is 0 Å². The fourth-order valence-electron chi connectivity index (χ4n) is 2.46. The van der Waals surface area contributed by atoms with Crippen molar-refractivity contribution in [1.82, 2.24) is 0 Å². The summed E-state index contributed by atoms with van der Waals surface area (Å²) in [6.07, 6.45) is 1.82. The number of benzene rings is 1. The van der Waals surface area contributed by atoms with Crippen molar-refractivity contribution < 1.29 is 29.6 Å². The van der Waals surface area contributed by atoms with Crippen molar-refractivity contribution in [1.29, 1.82) is 0 Å². The van der Waals surface area contributed by atoms with Crippen molar-refractivity contribution in [2.45, 2.75) is 38.4 Å². The molecule has 0 bridgehead atoms. The molecule has 0 aliphatic carbocycles. The van der Waals surface area contributed by atoms with Crippen molar-refractivity contribution in [3.05, 3.63) is 35.4 Å². The number of cyclic esters (lactones) is 1. The number of ketones is 1. The molecule has 118 valence electrons. The predicted octanol–water partition coefficient (Wildman–Crippen LogP) is 1.47. The van der Waals surface area contributed by atoms with Crippen LogP contribution >= 0.6 is 0 Å². The molecule has 0 amide bonds. The fraction of sp³-hybridized carbons (Fsp3) is 0.375. The zero-order valence-electron chi connectivity index (χ0n) is 12.2. The molecule has 0 spiro atoms. The Kier molecular flexibility index (Phi) is 4.82. The van der Waals surface area contributed by atoms with Crippen molar-refractivity contribution in [3.8, 4) is 11.5 Å². The van der Waals surface area contributed by atoms with Crippen LogP contribution in [0.2, 0.25) is 0 Å². The van der Waals surface area contributed by atoms with Gasteiger partial charge in [0.1, 0.15) is 17.6 Å². The molecule has 0 aromatic heterocycles. The first-order valence-corrected chi connectivity index (χ1v) is 7.00. The Morgan fingerprint density at radius 3 is 2.68 bits per heavy atom. The Morgan fingerprint density at radius 1 is 1.23 bits per heavy atom. The van der Waals surface area contributed by atoms with E-state index in [4.69, 9.17) is 4.74 Å². The zero-order valence-corrected chi connectivity index (χ0v) is 12.2. The van der Waals surface area contributed by atoms with Crippen molar-refractivity contribution >= 4 is 11.8 Å². The first-order valence-electron chi connectivity index (χ1n) is 7.00. The van der Waals surface area contributed by atoms with Gasteiger partial charge in [0.25, 0.3) is 0 Å². The molecule has 6 nitrogen and oxygen atoms in total. The van der Waals surface area contributed by atoms with Crippen molar-refractivity contribution in [2.75, 3.05) is 0 Å². The number of esters is 1. The zero-order chi connectivity index (χ0) is 16.3. The van der Waals surface area contributed by atoms with E-state index in [-0.39, 0.29) is 36.1 Å². The Hall–Kier alpha value is -2.34. The summed E-state index contributed by atoms with van der Waals surface area (Å²) in [5, 5.41) is 29.2. The molecule has 2 rings (SSSR count). The third-order valence-electron chi connectivity index (χ3n) is 3.38. The van der Waals surface area contributed by atoms with Crippen molar-refractivity contribution in [2.24, 2.45) is 0 Å². The van der Waals surface area contributed by atoms with E-state index >= 15 is 0 Å². The number of hydrogen-bond acceptors (Lipinski definition) is 6. The summed E-state index contributed by atoms with van der Waals surface area (Å²) in [4.78, 5) is 24.1. The number of carbonyl (C=O) groups is 2. The maximum absolute atomic E-state index is 12.2. The lowest BCUT2D eigenvalue weighted by Gasteiger charge is -2.18. The quantitative estimate of drug-likeness (QED) is 0.627. The number of aliphatic hydroxyl groups is 1. The molecule has 1 aliphatic heterocycles. The Balaban J connectivity index is 2.44. The van der Waals surface area contributed by atoms with E-state index in [9.17, 15) is 24.9 Å². The van der Waals surface area contributed by atoms with E-state index in [2.05, 4.69) is 0 Å². The summed E-state index contributed by atoms with van der Waals surface area (Å²) in [6, 6.07) is 2.30. The van der Waals surface area contributed by atoms with E-state index < -0.39 is 29.7 Å². The number of aliphatic hydroxyl groups excluding tert-OH is 1. The Bertz CT molecular complexity index is 619. The molecule has 0 radical (unpaired) electrons. The smallest absolute Gasteiger partial charge is 0.310 e. The Morgan fingerprint density at radius 2 is 1.95 bits per heavy atom. The summed E-state index contributed by atoms with van der Waals surface area (Å²) in [7, 11) is 0. The summed E-state index contributed by atoms with van der Waals surface area (Å²) >= 11 is 0. The average molecular weight is 306 g/mol. The molecule has 1 aromatic rings. The highest BCUT2D eigenvalue weighted by Gasteiger charge is 2.21. The van der Waals surface area contributed by atoms with Gasteiger partial charge in [-0.3, -0.25) is 9.59 Å². The standard InChI is InChI=1S/C16H18O6/c1-9-5-11(17)3-2-4-13(19)16-10(7-15(21)22-9)6-12(18)8-14(16)20/h2,4,6,8-9,11,17-18,20H,3,5,7H2,1H3/t9-,11-/m1/s1. The second kappa shape index (κ2) is 6.62. The normalized spacial score (nSPS) is 23.2. The minimum Gasteiger partial charge on any atom is -0.508 e. The first-order chi connectivity index (χ1) is 10.4. The van der Waals surface area contributed by atoms with Crippen LogP contribution < -0.4 is 0 Å². The number of phenolic OH excluding ortho intramolecular Hbond substituents is 2. The molecule has 0 saturated carbocycles. The second-order valence-electron chi connectivity index (χ2n) is 5.37. The van der Waals surface area contributed by atoms with Crippen LogP contribution in [0.5, 0.6) is 11.5 Å². The number of phenols is 2. The lowest BCUT2D eigenvalue weighted by molar-refractivity contribution is -0.148. The van der Waals surface area contributed by atoms with E-state index in [1.54, 1.807) is 6.92 Å². The Labute approximate surface area is 127 Å². The van der Waals surface area contributed by atoms with Crippen LogP contribution in [-0.4, -0.2) is 39.3 Å². The number of aromatic hydroxyl groups is 2. The molecule has 0 fully saturated rings. The van der Waals surface area contributed by atoms with E-state index in [1.807, 2.05) is 0 Å². The number of hydrogen-bond donors (Lipinski definition) is 3. The molecular weight excluding hydrogens is 288 g/mol. The molecule has 2 atom stereocenters. The minimum atomic E-state index is -0.723. The highest BCUT2D eigenvalue weighted by Crippen LogP contribution is 2.29. The van der Waals surface area contributed by atoms with Crippen LogP contribution in [0.1, 0.15) is 35.7 Å². The van der Waals surface area contributed by atoms with Crippen LogP contribution in [0, 0.1) is 0 Å². The van der Waals surface area contributed by atoms with Gasteiger partial charge >= 0.3 is 5.97 Å². The van der Waals surface area contributed by atoms with Crippen LogP contribution in [0.15, 0.2) is 24.3 Å². The van der Waals surface area contributed by atoms with E-state index in [0.717, 1.165) is 6.07 Å². The lowest BCUT2D eigenvalue weighted by Crippen LogP contribution is -2.23. The number of allylic oxidation sites excluding steroid dienone is 1. The minimum absolute atomic E-state index is 0.0475. The van der Waals surface area contributed by atoms with Gasteiger partial charge in [-0.25, -0.2) is 0 Å². The second-order valence-corrected chi connectivity index (χ2v) is 5.37. The summed E-state index contributed by atoms with van der Waals surface area (Å²) in [6.45, 7) is 1.67. The maximum atomic E-state index is 12.2. The molecule has 3 N–H and O–H groups in total. The van der Waals surface area contributed by atoms with Gasteiger partial charge < -0.3 is 20.1 Å². The lowest BCUT2D eigenvalue weighted by atomic mass is 9.98. The van der Waals surface area contributed by atoms with Crippen LogP contribution in [0.4, 0.5) is 0 Å². The summed E-state index contributed by atoms with van der Waals surface area (Å²) in [5.41, 5.74) is 0.152. The number of rotatable bonds is 0. The number of ether oxygens (including phenoxy) is 1. The molecule has 0 saturated heterocycles. The summed E-state index contributed by atoms with van der Waals surface area (Å²) < 4.78 is 5.17. The van der Waals surface area contributed by atoms with E-state index in [1.165, 1.54) is 18.2 Å². The first kappa shape index (κ1) is 16.0. The number of fused-ring (bicyclic) bond motifs is 1. The summed E-state index contributed by atoms with van der Waals surface area (Å²) in [5.74, 6) is -1.73. The highest BCUT2D eigenvalue weighted by atomic mass is 16.5. The highest BCUT2D eigenvalue weighted by molar-refractivity contribution is 6.08. The molecular formula is C16H18O6. The van der Waals surface area contributed by atoms with Gasteiger partial charge in [-0.2, -0.15) is 0 Å². The van der Waals surface area contributed by atoms with Gasteiger partial charge in [-0.15, -0.1) is 0 Å². The molecule has 6 heteroatoms. The van der Waals surface area contributed by atoms with Gasteiger partial charge in [0.05, 0.1) is 18.1 Å². The van der Waals surface area contributed by atoms with Gasteiger partial charge in [-0.1, -0.05) is 6.08 Å². The largest absolute Gasteiger partial charge is 0.508 e. The molecule has 0 unspecified atom stereocenters. The maximum Gasteiger partial charge on any atom is 0.310 e. The van der Waals surface area contributed by atoms with Crippen LogP contribution in [0.3, 0.4) is 0 Å². The monoisotopic (exact) mass is 306 g/mol. The topological polar surface area (TPSA) is 104 Å². The molecule has 1 aromatic carbocycles. The molecule has 22 heavy (non-hydrogen) atoms. The van der Waals surface area contributed by atoms with Crippen LogP contribution in [-0.2, 0) is 16.0 Å². The third-order valence-corrected chi connectivity index (χ3v) is 3.38. The van der Waals surface area contributed by atoms with Gasteiger partial charge in [0.15, 0.2) is 5.78 Å². The third kappa shape index (κ3) is 3.85. The molecule has 1 heterocycles. The number of carbonyl (C=O) groups excluding carboxylic acids is 2. The molecule has 1 aliphatic rings. The van der Waals surface area contributed by atoms with Crippen molar-refractivity contribution in [3.63, 3.8) is 0 Å². The van der Waals surface area contributed by atoms with Gasteiger partial charge in [-0.05, 0) is 31.1 Å². The fourth-order valence-corrected chi connectivity index (χ4v) is 2.46. The average Bonchev–Trinajstić information content (AvgIpc) is 2.35. The SMILES string of the molecule is C[C@@H]1C[C@H](O)CC=CC(=O)c2c(O)cc(O)cc2CC(=O)O1.